The summed E-state index contributed by atoms with van der Waals surface area (Å²) in [6.45, 7) is 0.150. The van der Waals surface area contributed by atoms with Crippen LogP contribution >= 0.6 is 0 Å². The van der Waals surface area contributed by atoms with Gasteiger partial charge < -0.3 is 15.2 Å². The summed E-state index contributed by atoms with van der Waals surface area (Å²) in [7, 11) is 0. The lowest BCUT2D eigenvalue weighted by Crippen LogP contribution is -2.24. The van der Waals surface area contributed by atoms with E-state index in [1.165, 1.54) is 0 Å². The standard InChI is InChI=1S/C10H12N4O8/c15-3-1-11-2-4-22-10-8(13(18)19)5-7(12(16)17)6-9(10)14(20)21/h5-6,11,15H,1-4H2. The Labute approximate surface area is 122 Å². The van der Waals surface area contributed by atoms with Gasteiger partial charge in [0, 0.05) is 13.1 Å². The Hall–Kier alpha value is -2.86. The fourth-order valence-electron chi connectivity index (χ4n) is 1.54. The number of hydrogen-bond donors (Lipinski definition) is 2. The molecule has 0 fully saturated rings. The van der Waals surface area contributed by atoms with E-state index in [1.54, 1.807) is 0 Å². The molecule has 0 saturated carbocycles. The molecule has 1 aromatic rings. The number of nitrogens with zero attached hydrogens (tertiary/aromatic N) is 3. The van der Waals surface area contributed by atoms with Crippen molar-refractivity contribution in [3.63, 3.8) is 0 Å². The van der Waals surface area contributed by atoms with E-state index in [2.05, 4.69) is 5.32 Å². The van der Waals surface area contributed by atoms with Crippen molar-refractivity contribution in [1.82, 2.24) is 5.32 Å². The molecule has 12 heteroatoms. The number of nitro benzene ring substituents is 3. The van der Waals surface area contributed by atoms with Gasteiger partial charge in [0.1, 0.15) is 6.61 Å². The molecule has 120 valence electrons. The van der Waals surface area contributed by atoms with Crippen LogP contribution in [0.1, 0.15) is 0 Å². The summed E-state index contributed by atoms with van der Waals surface area (Å²) in [5.41, 5.74) is -2.49. The summed E-state index contributed by atoms with van der Waals surface area (Å²) < 4.78 is 5.02. The van der Waals surface area contributed by atoms with Crippen LogP contribution in [0.15, 0.2) is 12.1 Å². The summed E-state index contributed by atoms with van der Waals surface area (Å²) in [6, 6.07) is 1.20. The minimum absolute atomic E-state index is 0.127. The van der Waals surface area contributed by atoms with Crippen molar-refractivity contribution in [1.29, 1.82) is 0 Å². The second kappa shape index (κ2) is 7.80. The van der Waals surface area contributed by atoms with E-state index in [4.69, 9.17) is 9.84 Å². The Balaban J connectivity index is 3.13. The van der Waals surface area contributed by atoms with Gasteiger partial charge in [-0.15, -0.1) is 0 Å². The molecule has 0 unspecified atom stereocenters. The molecular weight excluding hydrogens is 304 g/mol. The lowest BCUT2D eigenvalue weighted by atomic mass is 10.2. The molecule has 0 amide bonds. The maximum Gasteiger partial charge on any atom is 0.325 e. The second-order valence-electron chi connectivity index (χ2n) is 3.91. The summed E-state index contributed by atoms with van der Waals surface area (Å²) in [5.74, 6) is -0.647. The SMILES string of the molecule is O=[N+]([O-])c1cc([N+](=O)[O-])c(OCCNCCO)c([N+](=O)[O-])c1. The fraction of sp³-hybridized carbons (Fsp3) is 0.400. The van der Waals surface area contributed by atoms with Crippen molar-refractivity contribution in [3.05, 3.63) is 42.5 Å². The Bertz CT molecular complexity index is 555. The minimum atomic E-state index is -0.990. The molecule has 0 heterocycles. The highest BCUT2D eigenvalue weighted by Crippen LogP contribution is 2.40. The molecule has 22 heavy (non-hydrogen) atoms. The number of aliphatic hydroxyl groups is 1. The van der Waals surface area contributed by atoms with Gasteiger partial charge in [-0.25, -0.2) is 0 Å². The number of non-ortho nitro benzene ring substituents is 1. The van der Waals surface area contributed by atoms with Crippen LogP contribution < -0.4 is 10.1 Å². The van der Waals surface area contributed by atoms with Crippen molar-refractivity contribution < 1.29 is 24.6 Å². The zero-order valence-electron chi connectivity index (χ0n) is 11.1. The largest absolute Gasteiger partial charge is 0.481 e. The molecule has 0 atom stereocenters. The molecule has 0 aromatic heterocycles. The zero-order chi connectivity index (χ0) is 16.7. The van der Waals surface area contributed by atoms with Crippen LogP contribution in [-0.2, 0) is 0 Å². The number of rotatable bonds is 9. The lowest BCUT2D eigenvalue weighted by Gasteiger charge is -2.08. The summed E-state index contributed by atoms with van der Waals surface area (Å²) in [6.07, 6.45) is 0. The quantitative estimate of drug-likeness (QED) is 0.371. The summed E-state index contributed by atoms with van der Waals surface area (Å²) in [4.78, 5) is 29.6. The van der Waals surface area contributed by atoms with Crippen LogP contribution in [0.2, 0.25) is 0 Å². The predicted octanol–water partition coefficient (Wildman–Crippen LogP) is 0.372. The van der Waals surface area contributed by atoms with Gasteiger partial charge >= 0.3 is 11.4 Å². The van der Waals surface area contributed by atoms with E-state index in [-0.39, 0.29) is 26.3 Å². The average Bonchev–Trinajstić information content (AvgIpc) is 2.45. The van der Waals surface area contributed by atoms with Gasteiger partial charge in [0.05, 0.1) is 33.5 Å². The highest BCUT2D eigenvalue weighted by atomic mass is 16.6. The molecule has 0 aliphatic rings. The van der Waals surface area contributed by atoms with E-state index in [0.717, 1.165) is 0 Å². The van der Waals surface area contributed by atoms with Crippen molar-refractivity contribution >= 4 is 17.1 Å². The third kappa shape index (κ3) is 4.32. The van der Waals surface area contributed by atoms with E-state index < -0.39 is 37.6 Å². The zero-order valence-corrected chi connectivity index (χ0v) is 11.1. The molecule has 2 N–H and O–H groups in total. The summed E-state index contributed by atoms with van der Waals surface area (Å²) >= 11 is 0. The molecule has 0 aliphatic heterocycles. The molecule has 1 aromatic carbocycles. The predicted molar refractivity (Wildman–Crippen MR) is 71.9 cm³/mol. The first-order chi connectivity index (χ1) is 10.4. The van der Waals surface area contributed by atoms with Gasteiger partial charge in [0.2, 0.25) is 0 Å². The van der Waals surface area contributed by atoms with Crippen LogP contribution in [0.5, 0.6) is 5.75 Å². The van der Waals surface area contributed by atoms with Crippen LogP contribution in [0, 0.1) is 30.3 Å². The minimum Gasteiger partial charge on any atom is -0.481 e. The number of ether oxygens (including phenoxy) is 1. The first-order valence-corrected chi connectivity index (χ1v) is 5.94. The maximum absolute atomic E-state index is 10.9. The van der Waals surface area contributed by atoms with Crippen molar-refractivity contribution in [2.75, 3.05) is 26.3 Å². The van der Waals surface area contributed by atoms with Gasteiger partial charge in [-0.05, 0) is 0 Å². The average molecular weight is 316 g/mol. The van der Waals surface area contributed by atoms with E-state index in [1.807, 2.05) is 0 Å². The van der Waals surface area contributed by atoms with E-state index >= 15 is 0 Å². The van der Waals surface area contributed by atoms with Crippen LogP contribution in [-0.4, -0.2) is 46.2 Å². The Kier molecular flexibility index (Phi) is 6.09. The van der Waals surface area contributed by atoms with Gasteiger partial charge in [-0.2, -0.15) is 0 Å². The fourth-order valence-corrected chi connectivity index (χ4v) is 1.54. The van der Waals surface area contributed by atoms with Crippen molar-refractivity contribution in [3.8, 4) is 5.75 Å². The molecule has 0 spiro atoms. The van der Waals surface area contributed by atoms with Crippen molar-refractivity contribution in [2.24, 2.45) is 0 Å². The Morgan fingerprint density at radius 2 is 1.55 bits per heavy atom. The normalized spacial score (nSPS) is 10.2. The topological polar surface area (TPSA) is 171 Å². The van der Waals surface area contributed by atoms with Gasteiger partial charge in [-0.3, -0.25) is 30.3 Å². The molecule has 12 nitrogen and oxygen atoms in total. The Morgan fingerprint density at radius 3 is 1.95 bits per heavy atom. The van der Waals surface area contributed by atoms with Crippen LogP contribution in [0.4, 0.5) is 17.1 Å². The van der Waals surface area contributed by atoms with E-state index in [9.17, 15) is 30.3 Å². The molecule has 1 rings (SSSR count). The van der Waals surface area contributed by atoms with Gasteiger partial charge in [0.25, 0.3) is 11.4 Å². The van der Waals surface area contributed by atoms with Crippen molar-refractivity contribution in [2.45, 2.75) is 0 Å². The first kappa shape index (κ1) is 17.2. The molecule has 0 radical (unpaired) electrons. The van der Waals surface area contributed by atoms with Gasteiger partial charge in [0.15, 0.2) is 0 Å². The third-order valence-electron chi connectivity index (χ3n) is 2.45. The van der Waals surface area contributed by atoms with Crippen LogP contribution in [0.25, 0.3) is 0 Å². The first-order valence-electron chi connectivity index (χ1n) is 5.94. The molecule has 0 bridgehead atoms. The molecule has 0 aliphatic carbocycles. The number of nitrogens with one attached hydrogen (secondary N) is 1. The maximum atomic E-state index is 10.9. The Morgan fingerprint density at radius 1 is 1.00 bits per heavy atom. The highest BCUT2D eigenvalue weighted by molar-refractivity contribution is 5.65. The van der Waals surface area contributed by atoms with Crippen LogP contribution in [0.3, 0.4) is 0 Å². The third-order valence-corrected chi connectivity index (χ3v) is 2.45. The number of aliphatic hydroxyl groups excluding tert-OH is 1. The number of nitro groups is 3. The molecular formula is C10H12N4O8. The smallest absolute Gasteiger partial charge is 0.325 e. The lowest BCUT2D eigenvalue weighted by molar-refractivity contribution is -0.404. The summed E-state index contributed by atoms with van der Waals surface area (Å²) in [5, 5.41) is 43.8. The highest BCUT2D eigenvalue weighted by Gasteiger charge is 2.32. The van der Waals surface area contributed by atoms with Gasteiger partial charge in [-0.1, -0.05) is 0 Å². The number of hydrogen-bond acceptors (Lipinski definition) is 9. The monoisotopic (exact) mass is 316 g/mol. The van der Waals surface area contributed by atoms with E-state index in [0.29, 0.717) is 12.1 Å². The molecule has 0 saturated heterocycles. The second-order valence-corrected chi connectivity index (χ2v) is 3.91. The number of benzene rings is 1.